The number of rotatable bonds is 3. The summed E-state index contributed by atoms with van der Waals surface area (Å²) in [6.45, 7) is 10.1. The largest absolute Gasteiger partial charge is 0.455 e. The summed E-state index contributed by atoms with van der Waals surface area (Å²) in [6.07, 6.45) is 0. The quantitative estimate of drug-likeness (QED) is 0.194. The molecule has 174 valence electrons. The molecule has 0 aliphatic carbocycles. The fourth-order valence-corrected chi connectivity index (χ4v) is 6.52. The molecule has 0 saturated heterocycles. The summed E-state index contributed by atoms with van der Waals surface area (Å²) in [4.78, 5) is 0. The van der Waals surface area contributed by atoms with E-state index in [1.807, 2.05) is 33.9 Å². The Morgan fingerprint density at radius 1 is 1.00 bits per heavy atom. The summed E-state index contributed by atoms with van der Waals surface area (Å²) >= 11 is 0. The van der Waals surface area contributed by atoms with Crippen LogP contribution in [-0.2, 0) is 7.05 Å². The fourth-order valence-electron chi connectivity index (χ4n) is 4.94. The van der Waals surface area contributed by atoms with Gasteiger partial charge in [0.15, 0.2) is 0 Å². The summed E-state index contributed by atoms with van der Waals surface area (Å²) in [5.74, 6) is -1.14. The summed E-state index contributed by atoms with van der Waals surface area (Å²) in [6, 6.07) is 14.4. The Kier molecular flexibility index (Phi) is 4.20. The van der Waals surface area contributed by atoms with Gasteiger partial charge in [-0.2, -0.15) is 4.57 Å². The van der Waals surface area contributed by atoms with Crippen LogP contribution >= 0.6 is 0 Å². The van der Waals surface area contributed by atoms with Gasteiger partial charge in [-0.25, -0.2) is 4.39 Å². The van der Waals surface area contributed by atoms with Crippen molar-refractivity contribution in [2.45, 2.75) is 53.2 Å². The van der Waals surface area contributed by atoms with Crippen LogP contribution in [0.5, 0.6) is 0 Å². The molecule has 34 heavy (non-hydrogen) atoms. The molecular weight excluding hydrogens is 437 g/mol. The van der Waals surface area contributed by atoms with Gasteiger partial charge in [0.1, 0.15) is 24.0 Å². The lowest BCUT2D eigenvalue weighted by molar-refractivity contribution is -0.633. The fraction of sp³-hybridized carbons (Fsp3) is 0.300. The average Bonchev–Trinajstić information content (AvgIpc) is 3.14. The van der Waals surface area contributed by atoms with Crippen molar-refractivity contribution >= 4 is 46.1 Å². The molecule has 0 N–H and O–H groups in total. The highest BCUT2D eigenvalue weighted by Gasteiger charge is 2.29. The predicted molar refractivity (Wildman–Crippen MR) is 144 cm³/mol. The minimum atomic E-state index is -2.33. The van der Waals surface area contributed by atoms with Gasteiger partial charge in [-0.1, -0.05) is 39.6 Å². The molecule has 0 aliphatic rings. The Morgan fingerprint density at radius 3 is 2.44 bits per heavy atom. The Morgan fingerprint density at radius 2 is 1.76 bits per heavy atom. The van der Waals surface area contributed by atoms with Gasteiger partial charge in [0, 0.05) is 39.8 Å². The molecule has 5 aromatic rings. The van der Waals surface area contributed by atoms with E-state index in [0.29, 0.717) is 33.1 Å². The number of nitrogens with zero attached hydrogens (tertiary/aromatic N) is 1. The minimum absolute atomic E-state index is 0.257. The van der Waals surface area contributed by atoms with Gasteiger partial charge in [0.25, 0.3) is 0 Å². The van der Waals surface area contributed by atoms with E-state index in [2.05, 4.69) is 42.4 Å². The third kappa shape index (κ3) is 3.47. The maximum absolute atomic E-state index is 14.1. The number of hydrogen-bond acceptors (Lipinski definition) is 1. The molecule has 0 amide bonds. The first-order chi connectivity index (χ1) is 17.5. The lowest BCUT2D eigenvalue weighted by Crippen LogP contribution is -2.43. The molecule has 2 heterocycles. The molecule has 0 bridgehead atoms. The third-order valence-corrected chi connectivity index (χ3v) is 8.95. The van der Waals surface area contributed by atoms with Crippen LogP contribution in [0.3, 0.4) is 0 Å². The third-order valence-electron chi connectivity index (χ3n) is 6.92. The van der Waals surface area contributed by atoms with Crippen molar-refractivity contribution in [3.63, 3.8) is 0 Å². The first-order valence-electron chi connectivity index (χ1n) is 13.6. The number of benzene rings is 3. The van der Waals surface area contributed by atoms with E-state index < -0.39 is 26.6 Å². The van der Waals surface area contributed by atoms with Crippen LogP contribution in [-0.4, -0.2) is 8.07 Å². The second kappa shape index (κ2) is 7.77. The van der Waals surface area contributed by atoms with E-state index >= 15 is 0 Å². The smallest absolute Gasteiger partial charge is 0.216 e. The average molecular weight is 475 g/mol. The molecule has 3 aromatic carbocycles. The van der Waals surface area contributed by atoms with Gasteiger partial charge in [0.05, 0.1) is 13.6 Å². The standard InChI is InChI=1S/C30H33FNOSi/c1-17(2)20-9-12-25-24(14-20)28(34(6,7)8)16-26(32(25)5)29-19(4)18(3)13-23-22-11-10-21(31)15-27(22)33-30(23)29/h9-17H,1-8H3/q+1/i3D3,17D. The zero-order valence-electron chi connectivity index (χ0n) is 24.9. The Bertz CT molecular complexity index is 1760. The highest BCUT2D eigenvalue weighted by atomic mass is 28.3. The Balaban J connectivity index is 1.98. The van der Waals surface area contributed by atoms with Crippen molar-refractivity contribution in [1.82, 2.24) is 0 Å². The monoisotopic (exact) mass is 474 g/mol. The van der Waals surface area contributed by atoms with Gasteiger partial charge >= 0.3 is 0 Å². The van der Waals surface area contributed by atoms with E-state index in [1.165, 1.54) is 17.3 Å². The lowest BCUT2D eigenvalue weighted by Gasteiger charge is -2.21. The number of aryl methyl sites for hydroxylation is 2. The number of furan rings is 1. The molecule has 0 aliphatic heterocycles. The van der Waals surface area contributed by atoms with Crippen molar-refractivity contribution in [2.24, 2.45) is 7.05 Å². The van der Waals surface area contributed by atoms with Gasteiger partial charge < -0.3 is 4.42 Å². The van der Waals surface area contributed by atoms with Crippen LogP contribution in [0.2, 0.25) is 19.6 Å². The highest BCUT2D eigenvalue weighted by molar-refractivity contribution is 6.90. The Labute approximate surface area is 207 Å². The van der Waals surface area contributed by atoms with Crippen molar-refractivity contribution in [2.75, 3.05) is 0 Å². The minimum Gasteiger partial charge on any atom is -0.455 e. The van der Waals surface area contributed by atoms with E-state index in [9.17, 15) is 4.39 Å². The van der Waals surface area contributed by atoms with E-state index in [1.54, 1.807) is 12.1 Å². The molecule has 4 heteroatoms. The van der Waals surface area contributed by atoms with Crippen molar-refractivity contribution < 1.29 is 18.9 Å². The molecule has 0 saturated carbocycles. The van der Waals surface area contributed by atoms with Crippen LogP contribution < -0.4 is 9.75 Å². The summed E-state index contributed by atoms with van der Waals surface area (Å²) in [5.41, 5.74) is 5.32. The van der Waals surface area contributed by atoms with Crippen LogP contribution in [0.1, 0.15) is 41.9 Å². The maximum atomic E-state index is 14.1. The second-order valence-corrected chi connectivity index (χ2v) is 15.6. The molecule has 0 fully saturated rings. The van der Waals surface area contributed by atoms with Crippen LogP contribution in [0, 0.1) is 19.6 Å². The summed E-state index contributed by atoms with van der Waals surface area (Å²) in [7, 11) is 0.0717. The lowest BCUT2D eigenvalue weighted by atomic mass is 9.95. The molecule has 2 nitrogen and oxygen atoms in total. The summed E-state index contributed by atoms with van der Waals surface area (Å²) in [5, 5.41) is 3.68. The number of fused-ring (bicyclic) bond motifs is 4. The number of aromatic nitrogens is 1. The molecule has 0 spiro atoms. The van der Waals surface area contributed by atoms with Crippen molar-refractivity contribution in [3.8, 4) is 11.3 Å². The topological polar surface area (TPSA) is 17.0 Å². The van der Waals surface area contributed by atoms with Gasteiger partial charge in [-0.05, 0) is 65.8 Å². The zero-order chi connectivity index (χ0) is 27.9. The molecule has 5 rings (SSSR count). The van der Waals surface area contributed by atoms with Crippen molar-refractivity contribution in [1.29, 1.82) is 0 Å². The number of pyridine rings is 1. The summed E-state index contributed by atoms with van der Waals surface area (Å²) < 4.78 is 55.9. The molecule has 2 aromatic heterocycles. The second-order valence-electron chi connectivity index (χ2n) is 10.5. The van der Waals surface area contributed by atoms with Crippen LogP contribution in [0.15, 0.2) is 52.9 Å². The maximum Gasteiger partial charge on any atom is 0.216 e. The predicted octanol–water partition coefficient (Wildman–Crippen LogP) is 7.66. The first-order valence-corrected chi connectivity index (χ1v) is 15.1. The highest BCUT2D eigenvalue weighted by Crippen LogP contribution is 2.39. The SMILES string of the molecule is [2H]C([2H])([2H])c1cc2c(oc3cc(F)ccc32)c(-c2cc([Si](C)(C)C)c3cc(C([2H])(C)C)ccc3[n+]2C)c1C. The number of hydrogen-bond donors (Lipinski definition) is 0. The first kappa shape index (κ1) is 18.4. The molecule has 0 radical (unpaired) electrons. The van der Waals surface area contributed by atoms with E-state index in [4.69, 9.17) is 9.90 Å². The van der Waals surface area contributed by atoms with Gasteiger partial charge in [-0.15, -0.1) is 0 Å². The van der Waals surface area contributed by atoms with Gasteiger partial charge in [0.2, 0.25) is 11.2 Å². The van der Waals surface area contributed by atoms with Gasteiger partial charge in [-0.3, -0.25) is 0 Å². The van der Waals surface area contributed by atoms with E-state index in [0.717, 1.165) is 22.2 Å². The zero-order valence-corrected chi connectivity index (χ0v) is 21.9. The molecule has 0 unspecified atom stereocenters. The number of halogens is 1. The normalized spacial score (nSPS) is 14.9. The molecular formula is C30H33FNOSi+. The Hall–Kier alpha value is -2.98. The molecule has 0 atom stereocenters. The van der Waals surface area contributed by atoms with Crippen molar-refractivity contribution in [3.05, 3.63) is 71.0 Å². The van der Waals surface area contributed by atoms with Crippen LogP contribution in [0.4, 0.5) is 4.39 Å². The van der Waals surface area contributed by atoms with E-state index in [-0.39, 0.29) is 5.56 Å². The van der Waals surface area contributed by atoms with Crippen LogP contribution in [0.25, 0.3) is 44.1 Å².